The van der Waals surface area contributed by atoms with Gasteiger partial charge in [0, 0.05) is 13.3 Å². The fourth-order valence-corrected chi connectivity index (χ4v) is 0.689. The average Bonchev–Trinajstić information content (AvgIpc) is 2.03. The molecule has 0 radical (unpaired) electrons. The van der Waals surface area contributed by atoms with Crippen LogP contribution < -0.4 is 0 Å². The largest absolute Gasteiger partial charge is 0.469 e. The van der Waals surface area contributed by atoms with Gasteiger partial charge >= 0.3 is 11.9 Å². The Morgan fingerprint density at radius 1 is 1.25 bits per heavy atom. The number of esters is 2. The summed E-state index contributed by atoms with van der Waals surface area (Å²) in [6, 6.07) is 0. The van der Waals surface area contributed by atoms with E-state index in [1.165, 1.54) is 14.0 Å². The summed E-state index contributed by atoms with van der Waals surface area (Å²) < 4.78 is 9.10. The zero-order valence-electron chi connectivity index (χ0n) is 7.46. The smallest absolute Gasteiger partial charge is 0.305 e. The topological polar surface area (TPSA) is 52.6 Å². The van der Waals surface area contributed by atoms with Crippen LogP contribution in [0.25, 0.3) is 0 Å². The van der Waals surface area contributed by atoms with Crippen molar-refractivity contribution in [3.8, 4) is 0 Å². The van der Waals surface area contributed by atoms with Crippen LogP contribution in [0.5, 0.6) is 0 Å². The van der Waals surface area contributed by atoms with Crippen molar-refractivity contribution in [2.45, 2.75) is 26.2 Å². The van der Waals surface area contributed by atoms with Crippen molar-refractivity contribution in [3.63, 3.8) is 0 Å². The Morgan fingerprint density at radius 2 is 1.92 bits per heavy atom. The van der Waals surface area contributed by atoms with Crippen LogP contribution in [0.1, 0.15) is 26.2 Å². The van der Waals surface area contributed by atoms with Gasteiger partial charge < -0.3 is 9.47 Å². The molecule has 70 valence electrons. The molecule has 0 N–H and O–H groups in total. The van der Waals surface area contributed by atoms with Crippen molar-refractivity contribution in [1.29, 1.82) is 0 Å². The van der Waals surface area contributed by atoms with Crippen molar-refractivity contribution in [3.05, 3.63) is 0 Å². The van der Waals surface area contributed by atoms with Crippen LogP contribution in [0.4, 0.5) is 0 Å². The van der Waals surface area contributed by atoms with Gasteiger partial charge in [0.05, 0.1) is 13.7 Å². The standard InChI is InChI=1S/C8H14O4/c1-7(9)12-6-4-3-5-8(10)11-2/h3-6H2,1-2H3. The van der Waals surface area contributed by atoms with Gasteiger partial charge in [-0.1, -0.05) is 0 Å². The van der Waals surface area contributed by atoms with Crippen LogP contribution in [0.3, 0.4) is 0 Å². The lowest BCUT2D eigenvalue weighted by atomic mass is 10.2. The van der Waals surface area contributed by atoms with Crippen molar-refractivity contribution in [1.82, 2.24) is 0 Å². The second kappa shape index (κ2) is 6.64. The molecule has 0 rings (SSSR count). The van der Waals surface area contributed by atoms with Gasteiger partial charge in [-0.2, -0.15) is 0 Å². The van der Waals surface area contributed by atoms with Gasteiger partial charge in [-0.3, -0.25) is 9.59 Å². The molecule has 0 aromatic rings. The minimum atomic E-state index is -0.284. The Kier molecular flexibility index (Phi) is 6.05. The second-order valence-electron chi connectivity index (χ2n) is 2.37. The summed E-state index contributed by atoms with van der Waals surface area (Å²) >= 11 is 0. The second-order valence-corrected chi connectivity index (χ2v) is 2.37. The van der Waals surface area contributed by atoms with Crippen LogP contribution >= 0.6 is 0 Å². The minimum absolute atomic E-state index is 0.224. The molecule has 0 saturated carbocycles. The summed E-state index contributed by atoms with van der Waals surface area (Å²) in [5.74, 6) is -0.508. The molecule has 0 amide bonds. The normalized spacial score (nSPS) is 9.17. The van der Waals surface area contributed by atoms with E-state index in [4.69, 9.17) is 0 Å². The maximum absolute atomic E-state index is 10.6. The number of carbonyl (C=O) groups is 2. The Bertz CT molecular complexity index is 153. The Hall–Kier alpha value is -1.06. The van der Waals surface area contributed by atoms with E-state index in [0.29, 0.717) is 25.9 Å². The van der Waals surface area contributed by atoms with Crippen LogP contribution in [-0.4, -0.2) is 25.7 Å². The van der Waals surface area contributed by atoms with Crippen molar-refractivity contribution >= 4 is 11.9 Å². The molecular formula is C8H14O4. The first kappa shape index (κ1) is 10.9. The van der Waals surface area contributed by atoms with Crippen molar-refractivity contribution < 1.29 is 19.1 Å². The van der Waals surface area contributed by atoms with Crippen LogP contribution in [0, 0.1) is 0 Å². The van der Waals surface area contributed by atoms with E-state index in [9.17, 15) is 9.59 Å². The molecule has 0 unspecified atom stereocenters. The monoisotopic (exact) mass is 174 g/mol. The molecule has 4 nitrogen and oxygen atoms in total. The number of ether oxygens (including phenoxy) is 2. The summed E-state index contributed by atoms with van der Waals surface area (Å²) in [6.45, 7) is 1.74. The van der Waals surface area contributed by atoms with Gasteiger partial charge in [-0.25, -0.2) is 0 Å². The molecule has 4 heteroatoms. The summed E-state index contributed by atoms with van der Waals surface area (Å²) in [7, 11) is 1.36. The molecule has 0 aromatic heterocycles. The summed E-state index contributed by atoms with van der Waals surface area (Å²) in [4.78, 5) is 20.9. The molecule has 0 heterocycles. The van der Waals surface area contributed by atoms with Gasteiger partial charge in [0.2, 0.25) is 0 Å². The third kappa shape index (κ3) is 7.05. The number of rotatable bonds is 5. The first-order chi connectivity index (χ1) is 5.66. The fraction of sp³-hybridized carbons (Fsp3) is 0.750. The number of unbranched alkanes of at least 4 members (excludes halogenated alkanes) is 1. The van der Waals surface area contributed by atoms with Crippen molar-refractivity contribution in [2.24, 2.45) is 0 Å². The highest BCUT2D eigenvalue weighted by Gasteiger charge is 1.99. The summed E-state index contributed by atoms with van der Waals surface area (Å²) in [6.07, 6.45) is 1.78. The lowest BCUT2D eigenvalue weighted by Gasteiger charge is -2.00. The van der Waals surface area contributed by atoms with Crippen LogP contribution in [0.15, 0.2) is 0 Å². The maximum Gasteiger partial charge on any atom is 0.305 e. The van der Waals surface area contributed by atoms with Crippen LogP contribution in [0.2, 0.25) is 0 Å². The summed E-state index contributed by atoms with van der Waals surface area (Å²) in [5.41, 5.74) is 0. The number of carbonyl (C=O) groups excluding carboxylic acids is 2. The first-order valence-corrected chi connectivity index (χ1v) is 3.87. The molecule has 0 aliphatic carbocycles. The molecule has 0 aromatic carbocycles. The predicted octanol–water partition coefficient (Wildman–Crippen LogP) is 0.893. The predicted molar refractivity (Wildman–Crippen MR) is 42.5 cm³/mol. The van der Waals surface area contributed by atoms with E-state index in [2.05, 4.69) is 9.47 Å². The third-order valence-electron chi connectivity index (χ3n) is 1.31. The van der Waals surface area contributed by atoms with E-state index in [0.717, 1.165) is 0 Å². The van der Waals surface area contributed by atoms with E-state index in [-0.39, 0.29) is 11.9 Å². The van der Waals surface area contributed by atoms with E-state index >= 15 is 0 Å². The van der Waals surface area contributed by atoms with Gasteiger partial charge in [0.1, 0.15) is 0 Å². The molecule has 0 saturated heterocycles. The molecule has 0 aliphatic rings. The van der Waals surface area contributed by atoms with Crippen molar-refractivity contribution in [2.75, 3.05) is 13.7 Å². The van der Waals surface area contributed by atoms with E-state index in [1.54, 1.807) is 0 Å². The third-order valence-corrected chi connectivity index (χ3v) is 1.31. The van der Waals surface area contributed by atoms with Crippen LogP contribution in [-0.2, 0) is 19.1 Å². The van der Waals surface area contributed by atoms with Gasteiger partial charge in [-0.05, 0) is 12.8 Å². The van der Waals surface area contributed by atoms with E-state index in [1.807, 2.05) is 0 Å². The maximum atomic E-state index is 10.6. The first-order valence-electron chi connectivity index (χ1n) is 3.87. The number of hydrogen-bond donors (Lipinski definition) is 0. The highest BCUT2D eigenvalue weighted by atomic mass is 16.5. The molecular weight excluding hydrogens is 160 g/mol. The molecule has 0 bridgehead atoms. The Balaban J connectivity index is 3.11. The zero-order chi connectivity index (χ0) is 9.40. The molecule has 0 aliphatic heterocycles. The Morgan fingerprint density at radius 3 is 2.42 bits per heavy atom. The lowest BCUT2D eigenvalue weighted by Crippen LogP contribution is -2.03. The average molecular weight is 174 g/mol. The van der Waals surface area contributed by atoms with Gasteiger partial charge in [0.15, 0.2) is 0 Å². The fourth-order valence-electron chi connectivity index (χ4n) is 0.689. The molecule has 0 atom stereocenters. The lowest BCUT2D eigenvalue weighted by molar-refractivity contribution is -0.141. The molecule has 12 heavy (non-hydrogen) atoms. The Labute approximate surface area is 71.8 Å². The quantitative estimate of drug-likeness (QED) is 0.459. The van der Waals surface area contributed by atoms with E-state index < -0.39 is 0 Å². The number of methoxy groups -OCH3 is 1. The summed E-state index contributed by atoms with van der Waals surface area (Å²) in [5, 5.41) is 0. The van der Waals surface area contributed by atoms with Gasteiger partial charge in [0.25, 0.3) is 0 Å². The minimum Gasteiger partial charge on any atom is -0.469 e. The molecule has 0 fully saturated rings. The highest BCUT2D eigenvalue weighted by molar-refractivity contribution is 5.69. The highest BCUT2D eigenvalue weighted by Crippen LogP contribution is 1.97. The van der Waals surface area contributed by atoms with Gasteiger partial charge in [-0.15, -0.1) is 0 Å². The zero-order valence-corrected chi connectivity index (χ0v) is 7.46. The number of hydrogen-bond acceptors (Lipinski definition) is 4. The molecule has 0 spiro atoms. The SMILES string of the molecule is COC(=O)CCCCOC(C)=O.